The van der Waals surface area contributed by atoms with E-state index >= 15 is 0 Å². The molecule has 0 spiro atoms. The molecule has 0 aromatic carbocycles. The third-order valence-corrected chi connectivity index (χ3v) is 1.03. The average molecular weight is 242 g/mol. The third kappa shape index (κ3) is 7.24. The standard InChI is InChI=1S/C8H11O.2ClH.Ti/c1-7(2)9-8-5-3-4-6-8;;;/h3,5,7H,4H2,1-2H3;2*1H;/q-1;;;+3/p-2. The van der Waals surface area contributed by atoms with Crippen molar-refractivity contribution in [3.8, 4) is 0 Å². The van der Waals surface area contributed by atoms with Gasteiger partial charge in [-0.1, -0.05) is 5.76 Å². The van der Waals surface area contributed by atoms with Gasteiger partial charge in [0.05, 0.1) is 6.10 Å². The van der Waals surface area contributed by atoms with Gasteiger partial charge in [-0.3, -0.25) is 0 Å². The summed E-state index contributed by atoms with van der Waals surface area (Å²) in [5.41, 5.74) is 0. The van der Waals surface area contributed by atoms with Crippen LogP contribution in [-0.4, -0.2) is 6.10 Å². The van der Waals surface area contributed by atoms with Gasteiger partial charge in [-0.05, 0) is 13.8 Å². The third-order valence-electron chi connectivity index (χ3n) is 1.03. The second kappa shape index (κ2) is 9.66. The van der Waals surface area contributed by atoms with Crippen LogP contribution in [-0.2, 0) is 26.5 Å². The van der Waals surface area contributed by atoms with Crippen molar-refractivity contribution in [1.82, 2.24) is 0 Å². The molecule has 67 valence electrons. The topological polar surface area (TPSA) is 9.23 Å². The van der Waals surface area contributed by atoms with E-state index in [0.717, 1.165) is 12.2 Å². The summed E-state index contributed by atoms with van der Waals surface area (Å²) in [5.74, 6) is 0.894. The molecule has 12 heavy (non-hydrogen) atoms. The zero-order chi connectivity index (χ0) is 6.69. The number of hydrogen-bond donors (Lipinski definition) is 0. The van der Waals surface area contributed by atoms with Crippen LogP contribution in [0.25, 0.3) is 0 Å². The van der Waals surface area contributed by atoms with Gasteiger partial charge >= 0.3 is 21.7 Å². The minimum Gasteiger partial charge on any atom is -1.00 e. The minimum absolute atomic E-state index is 0. The maximum absolute atomic E-state index is 5.33. The summed E-state index contributed by atoms with van der Waals surface area (Å²) in [6, 6.07) is 0. The van der Waals surface area contributed by atoms with E-state index < -0.39 is 0 Å². The zero-order valence-corrected chi connectivity index (χ0v) is 10.2. The molecule has 1 nitrogen and oxygen atoms in total. The fourth-order valence-corrected chi connectivity index (χ4v) is 0.719. The zero-order valence-electron chi connectivity index (χ0n) is 7.10. The molecule has 0 aliphatic heterocycles. The first-order valence-corrected chi connectivity index (χ1v) is 3.23. The van der Waals surface area contributed by atoms with Gasteiger partial charge in [0.2, 0.25) is 0 Å². The van der Waals surface area contributed by atoms with Crippen molar-refractivity contribution in [2.75, 3.05) is 0 Å². The van der Waals surface area contributed by atoms with Gasteiger partial charge in [0.15, 0.2) is 0 Å². The van der Waals surface area contributed by atoms with Crippen LogP contribution in [0.3, 0.4) is 0 Å². The number of hydrogen-bond acceptors (Lipinski definition) is 1. The Bertz CT molecular complexity index is 155. The predicted molar refractivity (Wildman–Crippen MR) is 36.7 cm³/mol. The average Bonchev–Trinajstić information content (AvgIpc) is 2.15. The van der Waals surface area contributed by atoms with E-state index in [1.54, 1.807) is 0 Å². The van der Waals surface area contributed by atoms with Crippen LogP contribution in [0.2, 0.25) is 0 Å². The molecule has 1 radical (unpaired) electrons. The Morgan fingerprint density at radius 3 is 2.33 bits per heavy atom. The molecule has 0 heterocycles. The van der Waals surface area contributed by atoms with Crippen molar-refractivity contribution in [2.24, 2.45) is 0 Å². The van der Waals surface area contributed by atoms with Gasteiger partial charge in [0.25, 0.3) is 0 Å². The number of allylic oxidation sites excluding steroid dienone is 3. The van der Waals surface area contributed by atoms with E-state index in [1.165, 1.54) is 0 Å². The van der Waals surface area contributed by atoms with Crippen LogP contribution in [0.15, 0.2) is 17.9 Å². The fraction of sp³-hybridized carbons (Fsp3) is 0.500. The monoisotopic (exact) mass is 241 g/mol. The van der Waals surface area contributed by atoms with Crippen LogP contribution in [0.4, 0.5) is 0 Å². The Labute approximate surface area is 101 Å². The summed E-state index contributed by atoms with van der Waals surface area (Å²) in [4.78, 5) is 0. The first kappa shape index (κ1) is 18.4. The molecule has 0 aromatic rings. The van der Waals surface area contributed by atoms with Crippen LogP contribution >= 0.6 is 0 Å². The van der Waals surface area contributed by atoms with E-state index in [-0.39, 0.29) is 52.6 Å². The Hall–Kier alpha value is 0.574. The van der Waals surface area contributed by atoms with Gasteiger partial charge in [-0.25, -0.2) is 6.08 Å². The Balaban J connectivity index is -0.000000270. The molecule has 0 unspecified atom stereocenters. The van der Waals surface area contributed by atoms with Gasteiger partial charge in [0, 0.05) is 0 Å². The molecule has 1 rings (SSSR count). The minimum atomic E-state index is 0. The molecule has 0 atom stereocenters. The second-order valence-corrected chi connectivity index (χ2v) is 2.31. The van der Waals surface area contributed by atoms with Gasteiger partial charge in [-0.2, -0.15) is 12.2 Å². The molecular formula is C8H11Cl2OTi. The number of halogens is 2. The first-order chi connectivity index (χ1) is 4.29. The molecule has 0 saturated heterocycles. The second-order valence-electron chi connectivity index (χ2n) is 2.31. The van der Waals surface area contributed by atoms with E-state index in [0.29, 0.717) is 0 Å². The van der Waals surface area contributed by atoms with Gasteiger partial charge < -0.3 is 29.6 Å². The van der Waals surface area contributed by atoms with Crippen molar-refractivity contribution in [3.05, 3.63) is 24.0 Å². The fourth-order valence-electron chi connectivity index (χ4n) is 0.719. The van der Waals surface area contributed by atoms with E-state index in [1.807, 2.05) is 26.0 Å². The van der Waals surface area contributed by atoms with Crippen molar-refractivity contribution < 1.29 is 51.3 Å². The van der Waals surface area contributed by atoms with Crippen LogP contribution in [0.1, 0.15) is 20.3 Å². The largest absolute Gasteiger partial charge is 3.00 e. The van der Waals surface area contributed by atoms with E-state index in [9.17, 15) is 0 Å². The normalized spacial score (nSPS) is 12.4. The summed E-state index contributed by atoms with van der Waals surface area (Å²) >= 11 is 0. The Kier molecular flexibility index (Phi) is 14.8. The van der Waals surface area contributed by atoms with Crippen molar-refractivity contribution >= 4 is 0 Å². The van der Waals surface area contributed by atoms with Crippen LogP contribution < -0.4 is 24.8 Å². The predicted octanol–water partition coefficient (Wildman–Crippen LogP) is -3.94. The molecule has 0 amide bonds. The van der Waals surface area contributed by atoms with Crippen LogP contribution in [0.5, 0.6) is 0 Å². The quantitative estimate of drug-likeness (QED) is 0.355. The molecule has 1 aliphatic rings. The molecule has 0 saturated carbocycles. The molecule has 0 fully saturated rings. The maximum Gasteiger partial charge on any atom is 3.00 e. The van der Waals surface area contributed by atoms with Crippen molar-refractivity contribution in [3.63, 3.8) is 0 Å². The molecule has 4 heteroatoms. The summed E-state index contributed by atoms with van der Waals surface area (Å²) in [6.45, 7) is 4.03. The summed E-state index contributed by atoms with van der Waals surface area (Å²) in [6.07, 6.45) is 8.25. The number of rotatable bonds is 2. The Morgan fingerprint density at radius 1 is 1.42 bits per heavy atom. The van der Waals surface area contributed by atoms with Gasteiger partial charge in [0.1, 0.15) is 0 Å². The Morgan fingerprint density at radius 2 is 2.00 bits per heavy atom. The molecule has 0 bridgehead atoms. The van der Waals surface area contributed by atoms with E-state index in [2.05, 4.69) is 6.08 Å². The maximum atomic E-state index is 5.33. The number of ether oxygens (including phenoxy) is 1. The van der Waals surface area contributed by atoms with E-state index in [4.69, 9.17) is 4.74 Å². The molecular weight excluding hydrogens is 231 g/mol. The van der Waals surface area contributed by atoms with Gasteiger partial charge in [-0.15, -0.1) is 6.42 Å². The van der Waals surface area contributed by atoms with Crippen LogP contribution in [0, 0.1) is 6.08 Å². The van der Waals surface area contributed by atoms with Crippen molar-refractivity contribution in [1.29, 1.82) is 0 Å². The molecule has 0 N–H and O–H groups in total. The summed E-state index contributed by atoms with van der Waals surface area (Å²) < 4.78 is 5.33. The summed E-state index contributed by atoms with van der Waals surface area (Å²) in [5, 5.41) is 0. The summed E-state index contributed by atoms with van der Waals surface area (Å²) in [7, 11) is 0. The first-order valence-electron chi connectivity index (χ1n) is 3.23. The molecule has 1 aliphatic carbocycles. The molecule has 0 aromatic heterocycles. The van der Waals surface area contributed by atoms with Crippen molar-refractivity contribution in [2.45, 2.75) is 26.4 Å². The smallest absolute Gasteiger partial charge is 1.00 e. The SMILES string of the molecule is CC(C)OC1=[C-]CC=C1.[Cl-].[Cl-].[Ti+3].